The van der Waals surface area contributed by atoms with Gasteiger partial charge >= 0.3 is 0 Å². The number of benzene rings is 4. The minimum Gasteiger partial charge on any atom is -0.390 e. The highest BCUT2D eigenvalue weighted by Gasteiger charge is 2.39. The molecular formula is C40H44N2O4. The molecule has 0 bridgehead atoms. The minimum atomic E-state index is -0.798. The largest absolute Gasteiger partial charge is 0.390 e. The van der Waals surface area contributed by atoms with E-state index in [-0.39, 0.29) is 12.1 Å². The molecule has 6 nitrogen and oxygen atoms in total. The molecule has 4 aromatic carbocycles. The second-order valence-electron chi connectivity index (χ2n) is 13.8. The zero-order chi connectivity index (χ0) is 31.4. The molecule has 2 saturated carbocycles. The maximum Gasteiger partial charge on any atom is 0.101 e. The van der Waals surface area contributed by atoms with E-state index in [2.05, 4.69) is 94.7 Å². The molecule has 238 valence electrons. The third-order valence-corrected chi connectivity index (χ3v) is 11.1. The number of rotatable bonds is 3. The van der Waals surface area contributed by atoms with Crippen molar-refractivity contribution in [2.24, 2.45) is 0 Å². The van der Waals surface area contributed by atoms with Crippen molar-refractivity contribution in [3.63, 3.8) is 0 Å². The van der Waals surface area contributed by atoms with Crippen LogP contribution in [0.4, 0.5) is 22.7 Å². The Morgan fingerprint density at radius 3 is 1.28 bits per heavy atom. The fourth-order valence-electron chi connectivity index (χ4n) is 8.66. The molecule has 2 aliphatic carbocycles. The molecule has 8 rings (SSSR count). The van der Waals surface area contributed by atoms with E-state index in [0.29, 0.717) is 12.8 Å². The van der Waals surface area contributed by atoms with Gasteiger partial charge in [0.05, 0.1) is 24.3 Å². The van der Waals surface area contributed by atoms with Crippen LogP contribution in [0.3, 0.4) is 0 Å². The Morgan fingerprint density at radius 2 is 0.826 bits per heavy atom. The topological polar surface area (TPSA) is 87.4 Å². The van der Waals surface area contributed by atoms with Gasteiger partial charge in [-0.15, -0.1) is 0 Å². The lowest BCUT2D eigenvalue weighted by molar-refractivity contribution is -0.0204. The Balaban J connectivity index is 1.19. The van der Waals surface area contributed by atoms with Crippen LogP contribution in [0.2, 0.25) is 0 Å². The summed E-state index contributed by atoms with van der Waals surface area (Å²) in [7, 11) is 0. The van der Waals surface area contributed by atoms with E-state index in [1.165, 1.54) is 22.3 Å². The van der Waals surface area contributed by atoms with Crippen LogP contribution in [0.5, 0.6) is 0 Å². The van der Waals surface area contributed by atoms with E-state index < -0.39 is 24.4 Å². The number of nitrogens with zero attached hydrogens (tertiary/aromatic N) is 2. The molecule has 0 unspecified atom stereocenters. The van der Waals surface area contributed by atoms with Crippen LogP contribution in [0.1, 0.15) is 60.8 Å². The smallest absolute Gasteiger partial charge is 0.101 e. The first-order chi connectivity index (χ1) is 22.5. The van der Waals surface area contributed by atoms with E-state index in [0.717, 1.165) is 85.2 Å². The van der Waals surface area contributed by atoms with Crippen LogP contribution >= 0.6 is 0 Å². The lowest BCUT2D eigenvalue weighted by Crippen LogP contribution is -2.50. The molecule has 6 heteroatoms. The Hall–Kier alpha value is -3.68. The van der Waals surface area contributed by atoms with Crippen LogP contribution in [0.15, 0.2) is 84.9 Å². The highest BCUT2D eigenvalue weighted by Crippen LogP contribution is 2.45. The summed E-state index contributed by atoms with van der Waals surface area (Å²) in [6, 6.07) is 30.2. The van der Waals surface area contributed by atoms with E-state index in [4.69, 9.17) is 0 Å². The van der Waals surface area contributed by atoms with E-state index in [1.807, 2.05) is 0 Å². The molecule has 4 aromatic rings. The first kappa shape index (κ1) is 29.7. The van der Waals surface area contributed by atoms with Gasteiger partial charge in [0.2, 0.25) is 0 Å². The van der Waals surface area contributed by atoms with Crippen molar-refractivity contribution >= 4 is 22.7 Å². The summed E-state index contributed by atoms with van der Waals surface area (Å²) in [5, 5.41) is 43.6. The van der Waals surface area contributed by atoms with Gasteiger partial charge in [-0.3, -0.25) is 0 Å². The molecular weight excluding hydrogens is 572 g/mol. The van der Waals surface area contributed by atoms with Gasteiger partial charge in [-0.25, -0.2) is 0 Å². The van der Waals surface area contributed by atoms with Gasteiger partial charge < -0.3 is 30.2 Å². The van der Waals surface area contributed by atoms with Gasteiger partial charge in [0, 0.05) is 22.7 Å². The summed E-state index contributed by atoms with van der Waals surface area (Å²) in [6.45, 7) is 0. The van der Waals surface area contributed by atoms with Crippen molar-refractivity contribution in [3.05, 3.63) is 107 Å². The SMILES string of the molecule is O[C@@H]1[C@H](O)CCC[C@H]1N1c2ccccc2CCc2cc(-c3ccc4c(c3)CCc3ccccc3N4[C@H]3CCC[C@H](O)[C@@H]3O)ccc21. The van der Waals surface area contributed by atoms with Crippen molar-refractivity contribution in [2.75, 3.05) is 9.80 Å². The molecule has 4 aliphatic rings. The van der Waals surface area contributed by atoms with Crippen molar-refractivity contribution in [3.8, 4) is 11.1 Å². The lowest BCUT2D eigenvalue weighted by Gasteiger charge is -2.42. The Labute approximate surface area is 271 Å². The van der Waals surface area contributed by atoms with Gasteiger partial charge in [-0.2, -0.15) is 0 Å². The molecule has 2 aliphatic heterocycles. The molecule has 2 fully saturated rings. The second kappa shape index (κ2) is 12.2. The summed E-state index contributed by atoms with van der Waals surface area (Å²) < 4.78 is 0. The number of aliphatic hydroxyl groups is 4. The summed E-state index contributed by atoms with van der Waals surface area (Å²) in [5.74, 6) is 0. The van der Waals surface area contributed by atoms with Crippen LogP contribution < -0.4 is 9.80 Å². The zero-order valence-corrected chi connectivity index (χ0v) is 26.3. The summed E-state index contributed by atoms with van der Waals surface area (Å²) >= 11 is 0. The number of hydrogen-bond donors (Lipinski definition) is 4. The number of aliphatic hydroxyl groups excluding tert-OH is 4. The lowest BCUT2D eigenvalue weighted by atomic mass is 9.87. The number of hydrogen-bond acceptors (Lipinski definition) is 6. The standard InChI is InChI=1S/C40H44N2O4/c43-37-13-5-11-35(39(37)45)41-31-9-3-1-7-25(31)15-17-29-23-27(19-21-33(29)41)28-20-22-34-30(24-28)18-16-26-8-2-4-10-32(26)42(34)36-12-6-14-38(44)40(36)46/h1-4,7-10,19-24,35-40,43-46H,5-6,11-18H2/t35-,36+,37-,38+,39+,40-. The van der Waals surface area contributed by atoms with Gasteiger partial charge in [-0.05, 0) is 134 Å². The zero-order valence-electron chi connectivity index (χ0n) is 26.3. The highest BCUT2D eigenvalue weighted by atomic mass is 16.3. The third kappa shape index (κ3) is 5.12. The summed E-state index contributed by atoms with van der Waals surface area (Å²) in [4.78, 5) is 4.62. The predicted molar refractivity (Wildman–Crippen MR) is 183 cm³/mol. The van der Waals surface area contributed by atoms with Gasteiger partial charge in [0.25, 0.3) is 0 Å². The first-order valence-electron chi connectivity index (χ1n) is 17.2. The average molecular weight is 617 g/mol. The van der Waals surface area contributed by atoms with Gasteiger partial charge in [-0.1, -0.05) is 48.5 Å². The fourth-order valence-corrected chi connectivity index (χ4v) is 8.66. The molecule has 0 amide bonds. The van der Waals surface area contributed by atoms with E-state index >= 15 is 0 Å². The molecule has 0 saturated heterocycles. The van der Waals surface area contributed by atoms with Gasteiger partial charge in [0.15, 0.2) is 0 Å². The summed E-state index contributed by atoms with van der Waals surface area (Å²) in [6.07, 6.45) is 5.36. The van der Waals surface area contributed by atoms with Crippen molar-refractivity contribution in [1.82, 2.24) is 0 Å². The van der Waals surface area contributed by atoms with E-state index in [1.54, 1.807) is 0 Å². The first-order valence-corrected chi connectivity index (χ1v) is 17.2. The number of anilines is 4. The summed E-state index contributed by atoms with van der Waals surface area (Å²) in [5.41, 5.74) is 11.9. The molecule has 0 aromatic heterocycles. The molecule has 0 radical (unpaired) electrons. The Bertz CT molecular complexity index is 1610. The maximum atomic E-state index is 11.2. The van der Waals surface area contributed by atoms with Crippen LogP contribution in [0.25, 0.3) is 11.1 Å². The van der Waals surface area contributed by atoms with Crippen LogP contribution in [-0.4, -0.2) is 56.9 Å². The van der Waals surface area contributed by atoms with Crippen molar-refractivity contribution < 1.29 is 20.4 Å². The average Bonchev–Trinajstić information content (AvgIpc) is 3.35. The molecule has 46 heavy (non-hydrogen) atoms. The van der Waals surface area contributed by atoms with Crippen molar-refractivity contribution in [1.29, 1.82) is 0 Å². The molecule has 4 N–H and O–H groups in total. The predicted octanol–water partition coefficient (Wildman–Crippen LogP) is 6.38. The van der Waals surface area contributed by atoms with Crippen LogP contribution in [-0.2, 0) is 25.7 Å². The Kier molecular flexibility index (Phi) is 7.85. The second-order valence-corrected chi connectivity index (χ2v) is 13.8. The molecule has 0 spiro atoms. The fraction of sp³-hybridized carbons (Fsp3) is 0.400. The number of para-hydroxylation sites is 2. The minimum absolute atomic E-state index is 0.179. The molecule has 6 atom stereocenters. The van der Waals surface area contributed by atoms with Crippen LogP contribution in [0, 0.1) is 0 Å². The van der Waals surface area contributed by atoms with E-state index in [9.17, 15) is 20.4 Å². The Morgan fingerprint density at radius 1 is 0.435 bits per heavy atom. The number of aryl methyl sites for hydroxylation is 4. The monoisotopic (exact) mass is 616 g/mol. The maximum absolute atomic E-state index is 11.2. The molecule has 2 heterocycles. The highest BCUT2D eigenvalue weighted by molar-refractivity contribution is 5.79. The normalized spacial score (nSPS) is 27.5. The quantitative estimate of drug-likeness (QED) is 0.214. The van der Waals surface area contributed by atoms with Gasteiger partial charge in [0.1, 0.15) is 12.2 Å². The third-order valence-electron chi connectivity index (χ3n) is 11.1. The van der Waals surface area contributed by atoms with Crippen molar-refractivity contribution in [2.45, 2.75) is 101 Å². The number of fused-ring (bicyclic) bond motifs is 4.